The molecule has 2 unspecified atom stereocenters. The van der Waals surface area contributed by atoms with Crippen LogP contribution in [0.25, 0.3) is 32.7 Å². The maximum atomic E-state index is 2.64. The zero-order chi connectivity index (χ0) is 29.9. The molecule has 2 aliphatic rings. The van der Waals surface area contributed by atoms with Gasteiger partial charge in [-0.2, -0.15) is 0 Å². The van der Waals surface area contributed by atoms with Crippen LogP contribution in [0.15, 0.2) is 145 Å². The summed E-state index contributed by atoms with van der Waals surface area (Å²) in [5.74, 6) is 0. The topological polar surface area (TPSA) is 0 Å². The molecule has 0 amide bonds. The Bertz CT molecular complexity index is 2080. The second-order valence-electron chi connectivity index (χ2n) is 12.7. The number of benzene rings is 6. The molecule has 0 fully saturated rings. The Labute approximate surface area is 293 Å². The molecule has 0 aliphatic heterocycles. The number of fused-ring (bicyclic) bond motifs is 4. The Balaban J connectivity index is 0.00000186. The third-order valence-electron chi connectivity index (χ3n) is 10.1. The monoisotopic (exact) mass is 730 g/mol. The zero-order valence-corrected chi connectivity index (χ0v) is 31.8. The SMILES string of the molecule is CC1=C(c2cccc3ccccc23)c2ccccc2[CH]1[Zr]([CH]1C(C)=C(c2cccc3ccccc23)c2ccccc21)=[Si](C)C.Cl.Cl. The van der Waals surface area contributed by atoms with Crippen LogP contribution in [0.4, 0.5) is 0 Å². The van der Waals surface area contributed by atoms with Crippen LogP contribution in [-0.4, -0.2) is 5.43 Å². The molecule has 0 N–H and O–H groups in total. The van der Waals surface area contributed by atoms with E-state index < -0.39 is 25.8 Å². The molecule has 0 heterocycles. The predicted molar refractivity (Wildman–Crippen MR) is 202 cm³/mol. The van der Waals surface area contributed by atoms with E-state index in [2.05, 4.69) is 160 Å². The van der Waals surface area contributed by atoms with Crippen molar-refractivity contribution in [3.63, 3.8) is 0 Å². The number of rotatable bonds is 4. The van der Waals surface area contributed by atoms with E-state index in [0.29, 0.717) is 7.25 Å². The van der Waals surface area contributed by atoms with Crippen molar-refractivity contribution in [2.75, 3.05) is 0 Å². The van der Waals surface area contributed by atoms with Gasteiger partial charge in [-0.05, 0) is 0 Å². The van der Waals surface area contributed by atoms with E-state index in [1.165, 1.54) is 54.9 Å². The van der Waals surface area contributed by atoms with Crippen molar-refractivity contribution < 1.29 is 20.4 Å². The molecule has 4 heteroatoms. The second-order valence-corrected chi connectivity index (χ2v) is 30.5. The molecule has 6 aromatic carbocycles. The summed E-state index contributed by atoms with van der Waals surface area (Å²) in [4.78, 5) is 0. The van der Waals surface area contributed by atoms with Crippen molar-refractivity contribution in [2.45, 2.75) is 34.2 Å². The molecule has 228 valence electrons. The van der Waals surface area contributed by atoms with Gasteiger partial charge in [-0.1, -0.05) is 0 Å². The van der Waals surface area contributed by atoms with Gasteiger partial charge in [0.05, 0.1) is 0 Å². The summed E-state index contributed by atoms with van der Waals surface area (Å²) in [5.41, 5.74) is 14.6. The van der Waals surface area contributed by atoms with E-state index in [0.717, 1.165) is 0 Å². The number of allylic oxidation sites excluding steroid dienone is 2. The molecule has 8 rings (SSSR count). The summed E-state index contributed by atoms with van der Waals surface area (Å²) in [7, 11) is 0. The smallest absolute Gasteiger partial charge is 0.147 e. The number of halogens is 2. The van der Waals surface area contributed by atoms with Crippen molar-refractivity contribution in [3.05, 3.63) is 178 Å². The van der Waals surface area contributed by atoms with Gasteiger partial charge in [0.25, 0.3) is 0 Å². The molecule has 0 bridgehead atoms. The fourth-order valence-corrected chi connectivity index (χ4v) is 29.1. The first-order chi connectivity index (χ1) is 21.5. The van der Waals surface area contributed by atoms with E-state index in [1.807, 2.05) is 0 Å². The van der Waals surface area contributed by atoms with Crippen molar-refractivity contribution >= 4 is 62.9 Å². The Morgan fingerprint density at radius 3 is 1.22 bits per heavy atom. The normalized spacial score (nSPS) is 16.6. The molecule has 2 atom stereocenters. The summed E-state index contributed by atoms with van der Waals surface area (Å²) in [5, 5.41) is 5.38. The first kappa shape index (κ1) is 32.9. The summed E-state index contributed by atoms with van der Waals surface area (Å²) >= 11 is -2.29. The maximum Gasteiger partial charge on any atom is -0.147 e. The van der Waals surface area contributed by atoms with Gasteiger partial charge in [-0.25, -0.2) is 0 Å². The molecule has 0 saturated carbocycles. The van der Waals surface area contributed by atoms with Crippen LogP contribution in [0.1, 0.15) is 54.5 Å². The fourth-order valence-electron chi connectivity index (χ4n) is 8.28. The van der Waals surface area contributed by atoms with Crippen molar-refractivity contribution in [2.24, 2.45) is 0 Å². The largest absolute Gasteiger partial charge is 0.147 e. The quantitative estimate of drug-likeness (QED) is 0.158. The van der Waals surface area contributed by atoms with Crippen LogP contribution in [0.3, 0.4) is 0 Å². The molecule has 0 spiro atoms. The van der Waals surface area contributed by atoms with E-state index >= 15 is 0 Å². The molecule has 0 nitrogen and oxygen atoms in total. The zero-order valence-electron chi connectivity index (χ0n) is 26.7. The molecular weight excluding hydrogens is 695 g/mol. The van der Waals surface area contributed by atoms with Gasteiger partial charge in [0.1, 0.15) is 0 Å². The van der Waals surface area contributed by atoms with Gasteiger partial charge in [-0.3, -0.25) is 0 Å². The van der Waals surface area contributed by atoms with Crippen molar-refractivity contribution in [1.29, 1.82) is 0 Å². The van der Waals surface area contributed by atoms with Crippen molar-refractivity contribution in [3.8, 4) is 0 Å². The number of hydrogen-bond acceptors (Lipinski definition) is 0. The molecule has 0 radical (unpaired) electrons. The molecule has 6 aromatic rings. The van der Waals surface area contributed by atoms with Crippen LogP contribution in [0.2, 0.25) is 13.1 Å². The maximum absolute atomic E-state index is 2.64. The first-order valence-electron chi connectivity index (χ1n) is 15.8. The first-order valence-corrected chi connectivity index (χ1v) is 24.8. The third kappa shape index (κ3) is 5.14. The Kier molecular flexibility index (Phi) is 9.48. The number of hydrogen-bond donors (Lipinski definition) is 0. The van der Waals surface area contributed by atoms with Crippen LogP contribution in [-0.2, 0) is 20.4 Å². The van der Waals surface area contributed by atoms with Gasteiger partial charge in [0.2, 0.25) is 0 Å². The average molecular weight is 733 g/mol. The van der Waals surface area contributed by atoms with Gasteiger partial charge in [0, 0.05) is 0 Å². The summed E-state index contributed by atoms with van der Waals surface area (Å²) in [6.07, 6.45) is 0. The minimum atomic E-state index is -2.29. The van der Waals surface area contributed by atoms with Gasteiger partial charge in [-0.15, -0.1) is 24.8 Å². The minimum Gasteiger partial charge on any atom is -0.147 e. The predicted octanol–water partition coefficient (Wildman–Crippen LogP) is 12.2. The summed E-state index contributed by atoms with van der Waals surface area (Å²) in [6, 6.07) is 50.4. The Morgan fingerprint density at radius 2 is 0.783 bits per heavy atom. The van der Waals surface area contributed by atoms with Crippen LogP contribution in [0.5, 0.6) is 0 Å². The van der Waals surface area contributed by atoms with E-state index in [9.17, 15) is 0 Å². The summed E-state index contributed by atoms with van der Waals surface area (Å²) < 4.78 is 1.15. The standard InChI is InChI=1S/2C20H15.C2H6Si.2ClH.Zr/c2*1-14-13-16-8-3-5-11-18(16)20(14)19-12-6-9-15-7-2-4-10-17(15)19;1-3-2;;;/h2*2-13H,1H3;1-2H3;2*1H;. The van der Waals surface area contributed by atoms with Gasteiger partial charge < -0.3 is 0 Å². The molecular formula is C42H38Cl2SiZr. The summed E-state index contributed by atoms with van der Waals surface area (Å²) in [6.45, 7) is 10.2. The van der Waals surface area contributed by atoms with Gasteiger partial charge in [0.15, 0.2) is 0 Å². The molecule has 0 aromatic heterocycles. The van der Waals surface area contributed by atoms with Gasteiger partial charge >= 0.3 is 271 Å². The van der Waals surface area contributed by atoms with E-state index in [-0.39, 0.29) is 24.8 Å². The van der Waals surface area contributed by atoms with Crippen LogP contribution in [0, 0.1) is 0 Å². The molecule has 0 saturated heterocycles. The Morgan fingerprint density at radius 1 is 0.435 bits per heavy atom. The van der Waals surface area contributed by atoms with Crippen LogP contribution < -0.4 is 0 Å². The van der Waals surface area contributed by atoms with Crippen molar-refractivity contribution in [1.82, 2.24) is 0 Å². The molecule has 2 aliphatic carbocycles. The second kappa shape index (κ2) is 13.2. The third-order valence-corrected chi connectivity index (χ3v) is 29.9. The minimum absolute atomic E-state index is 0. The van der Waals surface area contributed by atoms with E-state index in [1.54, 1.807) is 22.3 Å². The Hall–Kier alpha value is -3.00. The average Bonchev–Trinajstić information content (AvgIpc) is 3.50. The fraction of sp³-hybridized carbons (Fsp3) is 0.143. The molecule has 46 heavy (non-hydrogen) atoms. The van der Waals surface area contributed by atoms with E-state index in [4.69, 9.17) is 0 Å². The van der Waals surface area contributed by atoms with Crippen LogP contribution >= 0.6 is 24.8 Å².